The zero-order chi connectivity index (χ0) is 7.44. The van der Waals surface area contributed by atoms with Crippen LogP contribution in [0.15, 0.2) is 10.5 Å². The van der Waals surface area contributed by atoms with Gasteiger partial charge in [-0.2, -0.15) is 0 Å². The second-order valence-corrected chi connectivity index (χ2v) is 3.57. The third-order valence-electron chi connectivity index (χ3n) is 1.24. The zero-order valence-electron chi connectivity index (χ0n) is 6.99. The summed E-state index contributed by atoms with van der Waals surface area (Å²) in [7, 11) is 0. The maximum atomic E-state index is 2.23. The van der Waals surface area contributed by atoms with Crippen LogP contribution in [0.4, 0.5) is 0 Å². The van der Waals surface area contributed by atoms with Crippen molar-refractivity contribution in [2.24, 2.45) is 5.92 Å². The minimum absolute atomic E-state index is 0.699. The van der Waals surface area contributed by atoms with Crippen LogP contribution in [0.5, 0.6) is 0 Å². The Bertz CT molecular complexity index is 108. The first-order chi connectivity index (χ1) is 4.09. The average molecular weight is 144 g/mol. The van der Waals surface area contributed by atoms with Crippen LogP contribution < -0.4 is 0 Å². The molecular formula is C8H16S. The van der Waals surface area contributed by atoms with Gasteiger partial charge in [0.1, 0.15) is 0 Å². The predicted molar refractivity (Wildman–Crippen MR) is 46.7 cm³/mol. The van der Waals surface area contributed by atoms with E-state index in [-0.39, 0.29) is 0 Å². The first-order valence-electron chi connectivity index (χ1n) is 3.31. The molecule has 0 aromatic heterocycles. The highest BCUT2D eigenvalue weighted by molar-refractivity contribution is 8.02. The van der Waals surface area contributed by atoms with E-state index in [1.54, 1.807) is 0 Å². The van der Waals surface area contributed by atoms with Crippen LogP contribution >= 0.6 is 11.8 Å². The number of hydrogen-bond acceptors (Lipinski definition) is 1. The summed E-state index contributed by atoms with van der Waals surface area (Å²) in [5.74, 6) is 0.699. The summed E-state index contributed by atoms with van der Waals surface area (Å²) in [5.41, 5.74) is 1.46. The molecule has 0 unspecified atom stereocenters. The summed E-state index contributed by atoms with van der Waals surface area (Å²) < 4.78 is 0. The maximum Gasteiger partial charge on any atom is -0.0139 e. The fourth-order valence-corrected chi connectivity index (χ4v) is 1.90. The highest BCUT2D eigenvalue weighted by atomic mass is 32.2. The van der Waals surface area contributed by atoms with Crippen LogP contribution in [0.1, 0.15) is 27.7 Å². The van der Waals surface area contributed by atoms with Gasteiger partial charge in [-0.25, -0.2) is 0 Å². The largest absolute Gasteiger partial charge is 0.134 e. The molecule has 0 aromatic rings. The Kier molecular flexibility index (Phi) is 4.03. The minimum atomic E-state index is 0.699. The molecule has 1 heteroatoms. The Morgan fingerprint density at radius 3 is 1.67 bits per heavy atom. The molecule has 0 aliphatic carbocycles. The summed E-state index contributed by atoms with van der Waals surface area (Å²) in [4.78, 5) is 1.52. The molecule has 0 heterocycles. The molecule has 0 saturated heterocycles. The van der Waals surface area contributed by atoms with E-state index in [1.165, 1.54) is 10.5 Å². The lowest BCUT2D eigenvalue weighted by Gasteiger charge is -2.09. The highest BCUT2D eigenvalue weighted by Gasteiger charge is 2.01. The molecule has 0 aromatic carbocycles. The van der Waals surface area contributed by atoms with Gasteiger partial charge >= 0.3 is 0 Å². The van der Waals surface area contributed by atoms with E-state index in [0.717, 1.165) is 0 Å². The molecule has 0 radical (unpaired) electrons. The zero-order valence-corrected chi connectivity index (χ0v) is 7.80. The lowest BCUT2D eigenvalue weighted by atomic mass is 10.1. The normalized spacial score (nSPS) is 10.0. The van der Waals surface area contributed by atoms with Crippen LogP contribution in [0.25, 0.3) is 0 Å². The SMILES string of the molecule is CSC(=C(C)C)C(C)C. The fraction of sp³-hybridized carbons (Fsp3) is 0.750. The minimum Gasteiger partial charge on any atom is -0.134 e. The second kappa shape index (κ2) is 3.99. The monoisotopic (exact) mass is 144 g/mol. The van der Waals surface area contributed by atoms with E-state index in [9.17, 15) is 0 Å². The van der Waals surface area contributed by atoms with Crippen molar-refractivity contribution >= 4 is 11.8 Å². The fourth-order valence-electron chi connectivity index (χ4n) is 1.02. The smallest absolute Gasteiger partial charge is 0.0139 e. The van der Waals surface area contributed by atoms with Crippen LogP contribution in [0.3, 0.4) is 0 Å². The van der Waals surface area contributed by atoms with E-state index < -0.39 is 0 Å². The summed E-state index contributed by atoms with van der Waals surface area (Å²) in [6, 6.07) is 0. The standard InChI is InChI=1S/C8H16S/c1-6(2)8(9-5)7(3)4/h6H,1-5H3. The Morgan fingerprint density at radius 2 is 1.67 bits per heavy atom. The Hall–Kier alpha value is 0.0900. The van der Waals surface area contributed by atoms with E-state index in [1.807, 2.05) is 11.8 Å². The van der Waals surface area contributed by atoms with Crippen molar-refractivity contribution in [2.45, 2.75) is 27.7 Å². The molecule has 0 aliphatic rings. The van der Waals surface area contributed by atoms with Crippen molar-refractivity contribution in [1.82, 2.24) is 0 Å². The van der Waals surface area contributed by atoms with Crippen LogP contribution in [-0.4, -0.2) is 6.26 Å². The molecule has 0 nitrogen and oxygen atoms in total. The van der Waals surface area contributed by atoms with Crippen LogP contribution in [0, 0.1) is 5.92 Å². The van der Waals surface area contributed by atoms with Gasteiger partial charge in [0.05, 0.1) is 0 Å². The molecule has 0 bridgehead atoms. The number of thioether (sulfide) groups is 1. The summed E-state index contributed by atoms with van der Waals surface area (Å²) in [5, 5.41) is 0. The molecular weight excluding hydrogens is 128 g/mol. The van der Waals surface area contributed by atoms with Gasteiger partial charge < -0.3 is 0 Å². The lowest BCUT2D eigenvalue weighted by Crippen LogP contribution is -1.90. The van der Waals surface area contributed by atoms with Gasteiger partial charge in [0.25, 0.3) is 0 Å². The summed E-state index contributed by atoms with van der Waals surface area (Å²) >= 11 is 1.87. The molecule has 54 valence electrons. The summed E-state index contributed by atoms with van der Waals surface area (Å²) in [6.07, 6.45) is 2.14. The quantitative estimate of drug-likeness (QED) is 0.573. The molecule has 0 amide bonds. The van der Waals surface area contributed by atoms with Crippen molar-refractivity contribution in [1.29, 1.82) is 0 Å². The predicted octanol–water partition coefficient (Wildman–Crippen LogP) is 3.30. The number of allylic oxidation sites excluding steroid dienone is 2. The lowest BCUT2D eigenvalue weighted by molar-refractivity contribution is 0.806. The first kappa shape index (κ1) is 9.09. The van der Waals surface area contributed by atoms with Crippen molar-refractivity contribution < 1.29 is 0 Å². The molecule has 0 N–H and O–H groups in total. The third-order valence-corrected chi connectivity index (χ3v) is 2.56. The average Bonchev–Trinajstić information content (AvgIpc) is 1.64. The van der Waals surface area contributed by atoms with Crippen molar-refractivity contribution in [2.75, 3.05) is 6.26 Å². The van der Waals surface area contributed by atoms with Crippen molar-refractivity contribution in [3.05, 3.63) is 10.5 Å². The third kappa shape index (κ3) is 2.95. The molecule has 0 atom stereocenters. The van der Waals surface area contributed by atoms with E-state index >= 15 is 0 Å². The van der Waals surface area contributed by atoms with Gasteiger partial charge in [-0.15, -0.1) is 11.8 Å². The highest BCUT2D eigenvalue weighted by Crippen LogP contribution is 2.24. The van der Waals surface area contributed by atoms with E-state index in [4.69, 9.17) is 0 Å². The number of hydrogen-bond donors (Lipinski definition) is 0. The Balaban J connectivity index is 4.16. The van der Waals surface area contributed by atoms with Crippen LogP contribution in [-0.2, 0) is 0 Å². The molecule has 0 aliphatic heterocycles. The van der Waals surface area contributed by atoms with Crippen molar-refractivity contribution in [3.63, 3.8) is 0 Å². The Morgan fingerprint density at radius 1 is 1.22 bits per heavy atom. The van der Waals surface area contributed by atoms with E-state index in [2.05, 4.69) is 34.0 Å². The molecule has 0 rings (SSSR count). The van der Waals surface area contributed by atoms with Gasteiger partial charge in [-0.1, -0.05) is 19.4 Å². The van der Waals surface area contributed by atoms with Gasteiger partial charge in [-0.05, 0) is 30.9 Å². The molecule has 0 spiro atoms. The summed E-state index contributed by atoms with van der Waals surface area (Å²) in [6.45, 7) is 8.81. The maximum absolute atomic E-state index is 2.23. The van der Waals surface area contributed by atoms with Gasteiger partial charge in [0.2, 0.25) is 0 Å². The number of rotatable bonds is 2. The Labute approximate surface area is 62.7 Å². The molecule has 9 heavy (non-hydrogen) atoms. The van der Waals surface area contributed by atoms with E-state index in [0.29, 0.717) is 5.92 Å². The van der Waals surface area contributed by atoms with Gasteiger partial charge in [0, 0.05) is 0 Å². The molecule has 0 saturated carbocycles. The van der Waals surface area contributed by atoms with Crippen LogP contribution in [0.2, 0.25) is 0 Å². The van der Waals surface area contributed by atoms with Gasteiger partial charge in [-0.3, -0.25) is 0 Å². The molecule has 0 fully saturated rings. The topological polar surface area (TPSA) is 0 Å². The second-order valence-electron chi connectivity index (χ2n) is 2.72. The van der Waals surface area contributed by atoms with Crippen molar-refractivity contribution in [3.8, 4) is 0 Å². The first-order valence-corrected chi connectivity index (χ1v) is 4.53. The van der Waals surface area contributed by atoms with Gasteiger partial charge in [0.15, 0.2) is 0 Å².